The van der Waals surface area contributed by atoms with Crippen molar-refractivity contribution in [3.8, 4) is 0 Å². The number of nitrogens with one attached hydrogen (secondary N) is 1. The molecule has 1 aromatic rings. The highest BCUT2D eigenvalue weighted by atomic mass is 16.3. The van der Waals surface area contributed by atoms with Crippen LogP contribution in [0.4, 0.5) is 0 Å². The molecule has 1 saturated heterocycles. The van der Waals surface area contributed by atoms with Crippen LogP contribution in [0.5, 0.6) is 0 Å². The predicted octanol–water partition coefficient (Wildman–Crippen LogP) is 1.12. The predicted molar refractivity (Wildman–Crippen MR) is 63.4 cm³/mol. The Labute approximate surface area is 96.7 Å². The van der Waals surface area contributed by atoms with E-state index in [-0.39, 0.29) is 0 Å². The summed E-state index contributed by atoms with van der Waals surface area (Å²) in [4.78, 5) is 0. The van der Waals surface area contributed by atoms with Crippen LogP contribution in [-0.4, -0.2) is 33.6 Å². The summed E-state index contributed by atoms with van der Waals surface area (Å²) in [5.74, 6) is 0. The van der Waals surface area contributed by atoms with E-state index < -0.39 is 5.60 Å². The van der Waals surface area contributed by atoms with E-state index in [1.807, 2.05) is 16.9 Å². The van der Waals surface area contributed by atoms with Gasteiger partial charge >= 0.3 is 0 Å². The van der Waals surface area contributed by atoms with Crippen molar-refractivity contribution < 1.29 is 5.11 Å². The lowest BCUT2D eigenvalue weighted by molar-refractivity contribution is 0.0149. The van der Waals surface area contributed by atoms with Gasteiger partial charge in [-0.1, -0.05) is 0 Å². The lowest BCUT2D eigenvalue weighted by Gasteiger charge is -2.33. The van der Waals surface area contributed by atoms with Crippen molar-refractivity contribution in [3.63, 3.8) is 0 Å². The van der Waals surface area contributed by atoms with Gasteiger partial charge in [0.05, 0.1) is 5.60 Å². The minimum atomic E-state index is -0.592. The van der Waals surface area contributed by atoms with Crippen molar-refractivity contribution in [1.82, 2.24) is 15.1 Å². The van der Waals surface area contributed by atoms with Crippen molar-refractivity contribution in [3.05, 3.63) is 18.0 Å². The van der Waals surface area contributed by atoms with Crippen LogP contribution >= 0.6 is 0 Å². The largest absolute Gasteiger partial charge is 0.388 e. The number of rotatable bonds is 3. The molecule has 1 aromatic heterocycles. The monoisotopic (exact) mass is 223 g/mol. The van der Waals surface area contributed by atoms with E-state index in [0.29, 0.717) is 19.0 Å². The first-order valence-electron chi connectivity index (χ1n) is 6.06. The molecule has 0 radical (unpaired) electrons. The molecule has 1 unspecified atom stereocenters. The fourth-order valence-electron chi connectivity index (χ4n) is 2.39. The van der Waals surface area contributed by atoms with Crippen LogP contribution < -0.4 is 5.32 Å². The Bertz CT molecular complexity index is 340. The third-order valence-corrected chi connectivity index (χ3v) is 3.20. The van der Waals surface area contributed by atoms with Gasteiger partial charge in [-0.05, 0) is 39.3 Å². The molecule has 0 aliphatic carbocycles. The second-order valence-corrected chi connectivity index (χ2v) is 5.04. The Hall–Kier alpha value is -0.870. The van der Waals surface area contributed by atoms with E-state index >= 15 is 0 Å². The lowest BCUT2D eigenvalue weighted by atomic mass is 9.89. The summed E-state index contributed by atoms with van der Waals surface area (Å²) in [6.07, 6.45) is 4.43. The van der Waals surface area contributed by atoms with E-state index in [2.05, 4.69) is 24.3 Å². The molecule has 4 heteroatoms. The van der Waals surface area contributed by atoms with E-state index in [1.165, 1.54) is 0 Å². The smallest absolute Gasteiger partial charge is 0.0827 e. The fraction of sp³-hybridized carbons (Fsp3) is 0.750. The van der Waals surface area contributed by atoms with Crippen LogP contribution in [0.3, 0.4) is 0 Å². The molecule has 0 saturated carbocycles. The van der Waals surface area contributed by atoms with Crippen LogP contribution in [0, 0.1) is 0 Å². The van der Waals surface area contributed by atoms with Crippen molar-refractivity contribution >= 4 is 0 Å². The molecule has 2 N–H and O–H groups in total. The topological polar surface area (TPSA) is 50.1 Å². The van der Waals surface area contributed by atoms with Crippen molar-refractivity contribution in [2.75, 3.05) is 13.1 Å². The van der Waals surface area contributed by atoms with Crippen molar-refractivity contribution in [2.24, 2.45) is 0 Å². The SMILES string of the molecule is CC(C)n1nccc1CC1(O)CCCNC1. The maximum absolute atomic E-state index is 10.4. The van der Waals surface area contributed by atoms with Crippen LogP contribution in [0.1, 0.15) is 38.4 Å². The molecule has 16 heavy (non-hydrogen) atoms. The lowest BCUT2D eigenvalue weighted by Crippen LogP contribution is -2.47. The summed E-state index contributed by atoms with van der Waals surface area (Å²) in [5, 5.41) is 18.0. The third-order valence-electron chi connectivity index (χ3n) is 3.20. The second-order valence-electron chi connectivity index (χ2n) is 5.04. The molecule has 0 amide bonds. The second kappa shape index (κ2) is 4.55. The van der Waals surface area contributed by atoms with Gasteiger partial charge in [0.15, 0.2) is 0 Å². The molecule has 0 spiro atoms. The molecular weight excluding hydrogens is 202 g/mol. The maximum atomic E-state index is 10.4. The molecule has 0 aromatic carbocycles. The molecule has 2 rings (SSSR count). The highest BCUT2D eigenvalue weighted by molar-refractivity contribution is 5.07. The summed E-state index contributed by atoms with van der Waals surface area (Å²) < 4.78 is 1.99. The quantitative estimate of drug-likeness (QED) is 0.807. The Morgan fingerprint density at radius 3 is 3.06 bits per heavy atom. The molecule has 1 aliphatic rings. The number of aromatic nitrogens is 2. The Morgan fingerprint density at radius 1 is 1.62 bits per heavy atom. The summed E-state index contributed by atoms with van der Waals surface area (Å²) in [6, 6.07) is 2.36. The Kier molecular flexibility index (Phi) is 3.30. The minimum Gasteiger partial charge on any atom is -0.388 e. The van der Waals surface area contributed by atoms with Crippen LogP contribution in [0.15, 0.2) is 12.3 Å². The number of hydrogen-bond donors (Lipinski definition) is 2. The molecule has 90 valence electrons. The molecule has 1 aliphatic heterocycles. The van der Waals surface area contributed by atoms with Gasteiger partial charge in [-0.15, -0.1) is 0 Å². The van der Waals surface area contributed by atoms with Gasteiger partial charge in [0, 0.05) is 30.9 Å². The summed E-state index contributed by atoms with van der Waals surface area (Å²) in [7, 11) is 0. The minimum absolute atomic E-state index is 0.352. The molecule has 0 bridgehead atoms. The van der Waals surface area contributed by atoms with E-state index in [1.54, 1.807) is 0 Å². The van der Waals surface area contributed by atoms with E-state index in [0.717, 1.165) is 25.1 Å². The maximum Gasteiger partial charge on any atom is 0.0827 e. The summed E-state index contributed by atoms with van der Waals surface area (Å²) >= 11 is 0. The van der Waals surface area contributed by atoms with Gasteiger partial charge in [-0.25, -0.2) is 0 Å². The highest BCUT2D eigenvalue weighted by Gasteiger charge is 2.30. The number of β-amino-alcohol motifs (C(OH)–C–C–N with tert-alkyl or cyclic N) is 1. The van der Waals surface area contributed by atoms with Gasteiger partial charge in [0.1, 0.15) is 0 Å². The Morgan fingerprint density at radius 2 is 2.44 bits per heavy atom. The number of nitrogens with zero attached hydrogens (tertiary/aromatic N) is 2. The van der Waals surface area contributed by atoms with Gasteiger partial charge in [-0.3, -0.25) is 4.68 Å². The molecule has 1 atom stereocenters. The molecular formula is C12H21N3O. The van der Waals surface area contributed by atoms with E-state index in [4.69, 9.17) is 0 Å². The number of hydrogen-bond acceptors (Lipinski definition) is 3. The first-order valence-corrected chi connectivity index (χ1v) is 6.06. The third kappa shape index (κ3) is 2.44. The van der Waals surface area contributed by atoms with Crippen LogP contribution in [0.25, 0.3) is 0 Å². The number of piperidine rings is 1. The van der Waals surface area contributed by atoms with Crippen molar-refractivity contribution in [2.45, 2.75) is 44.8 Å². The van der Waals surface area contributed by atoms with Crippen LogP contribution in [0.2, 0.25) is 0 Å². The first-order chi connectivity index (χ1) is 7.61. The zero-order chi connectivity index (χ0) is 11.6. The number of aliphatic hydroxyl groups is 1. The van der Waals surface area contributed by atoms with Crippen LogP contribution in [-0.2, 0) is 6.42 Å². The molecule has 1 fully saturated rings. The zero-order valence-electron chi connectivity index (χ0n) is 10.1. The molecule has 4 nitrogen and oxygen atoms in total. The zero-order valence-corrected chi connectivity index (χ0v) is 10.1. The fourth-order valence-corrected chi connectivity index (χ4v) is 2.39. The van der Waals surface area contributed by atoms with Gasteiger partial charge in [0.25, 0.3) is 0 Å². The normalized spacial score (nSPS) is 26.2. The molecule has 2 heterocycles. The van der Waals surface area contributed by atoms with Gasteiger partial charge < -0.3 is 10.4 Å². The van der Waals surface area contributed by atoms with Crippen molar-refractivity contribution in [1.29, 1.82) is 0 Å². The average Bonchev–Trinajstić information content (AvgIpc) is 2.66. The van der Waals surface area contributed by atoms with E-state index in [9.17, 15) is 5.11 Å². The van der Waals surface area contributed by atoms with Gasteiger partial charge in [-0.2, -0.15) is 5.10 Å². The standard InChI is InChI=1S/C12H21N3O/c1-10(2)15-11(4-7-14-15)8-12(16)5-3-6-13-9-12/h4,7,10,13,16H,3,5-6,8-9H2,1-2H3. The highest BCUT2D eigenvalue weighted by Crippen LogP contribution is 2.22. The first kappa shape index (κ1) is 11.6. The van der Waals surface area contributed by atoms with Gasteiger partial charge in [0.2, 0.25) is 0 Å². The Balaban J connectivity index is 2.10. The average molecular weight is 223 g/mol. The summed E-state index contributed by atoms with van der Waals surface area (Å²) in [5.41, 5.74) is 0.534. The summed E-state index contributed by atoms with van der Waals surface area (Å²) in [6.45, 7) is 5.93.